The van der Waals surface area contributed by atoms with Crippen LogP contribution in [0, 0.1) is 22.7 Å². The number of halogens is 6. The molecule has 0 unspecified atom stereocenters. The zero-order valence-corrected chi connectivity index (χ0v) is 46.8. The van der Waals surface area contributed by atoms with E-state index in [0.29, 0.717) is 101 Å². The van der Waals surface area contributed by atoms with Crippen molar-refractivity contribution < 1.29 is 55.1 Å². The molecule has 2 saturated heterocycles. The molecule has 8 amide bonds. The molecule has 4 aromatic carbocycles. The third kappa shape index (κ3) is 13.8. The maximum atomic E-state index is 14.0. The number of nitrogens with one attached hydrogen (secondary N) is 4. The van der Waals surface area contributed by atoms with Gasteiger partial charge in [-0.3, -0.25) is 43.8 Å². The van der Waals surface area contributed by atoms with E-state index in [1.54, 1.807) is 40.1 Å². The van der Waals surface area contributed by atoms with Crippen LogP contribution in [0.1, 0.15) is 92.9 Å². The second-order valence-electron chi connectivity index (χ2n) is 20.9. The van der Waals surface area contributed by atoms with Crippen molar-refractivity contribution in [1.29, 1.82) is 10.5 Å². The Hall–Kier alpha value is -9.59. The van der Waals surface area contributed by atoms with Crippen molar-refractivity contribution in [2.45, 2.75) is 51.1 Å². The molecule has 0 spiro atoms. The van der Waals surface area contributed by atoms with Gasteiger partial charge in [0.05, 0.1) is 80.1 Å². The minimum atomic E-state index is -4.68. The maximum absolute atomic E-state index is 14.0. The second-order valence-corrected chi connectivity index (χ2v) is 20.9. The largest absolute Gasteiger partial charge is 0.416 e. The number of alkyl halides is 6. The van der Waals surface area contributed by atoms with Crippen molar-refractivity contribution in [2.24, 2.45) is 0 Å². The Morgan fingerprint density at radius 1 is 0.558 bits per heavy atom. The Bertz CT molecular complexity index is 3330. The third-order valence-corrected chi connectivity index (χ3v) is 15.5. The molecule has 446 valence electrons. The highest BCUT2D eigenvalue weighted by Gasteiger charge is 2.40. The molecule has 4 N–H and O–H groups in total. The maximum Gasteiger partial charge on any atom is 0.416 e. The van der Waals surface area contributed by atoms with Crippen molar-refractivity contribution in [3.63, 3.8) is 0 Å². The summed E-state index contributed by atoms with van der Waals surface area (Å²) in [7, 11) is 0. The number of hydrogen-bond acceptors (Lipinski definition) is 11. The van der Waals surface area contributed by atoms with Gasteiger partial charge in [-0.2, -0.15) is 36.9 Å². The summed E-state index contributed by atoms with van der Waals surface area (Å²) in [4.78, 5) is 96.6. The first-order valence-electron chi connectivity index (χ1n) is 27.7. The molecule has 0 radical (unpaired) electrons. The fraction of sp³-hybridized carbons (Fsp3) is 0.328. The standard InChI is InChI=1S/C61H59F6N13O6/c1-38-50(52(42-15-11-40(34-68)12-16-42)73-58(85)79(38)48-9-3-7-46(32-48)60(62,63)64)54(81)71-19-5-21-75-23-27-77(28-24-75)56(83)44-31-45(37-70-36-44)57(84)78-29-25-76(26-30-78)22-6-20-72-55(82)51-39(2)80(49-10-4-8-47(33-49)61(65,66)67)59(86)74-53(51)43-17-13-41(35-69)14-18-43/h3-4,7-18,31-33,36-37,52-53H,5-6,19-30H2,1-2H3,(H,71,81)(H,72,82)(H,73,85)(H,74,86)/t52-,53-/m1/s1. The van der Waals surface area contributed by atoms with Gasteiger partial charge in [0.15, 0.2) is 0 Å². The zero-order valence-electron chi connectivity index (χ0n) is 46.8. The number of nitriles is 2. The molecule has 5 heterocycles. The molecule has 86 heavy (non-hydrogen) atoms. The number of piperazine rings is 2. The van der Waals surface area contributed by atoms with E-state index in [0.717, 1.165) is 34.1 Å². The number of urea groups is 2. The van der Waals surface area contributed by atoms with Crippen LogP contribution in [0.5, 0.6) is 0 Å². The van der Waals surface area contributed by atoms with Gasteiger partial charge >= 0.3 is 24.4 Å². The Morgan fingerprint density at radius 3 is 1.28 bits per heavy atom. The van der Waals surface area contributed by atoms with Gasteiger partial charge in [-0.1, -0.05) is 36.4 Å². The van der Waals surface area contributed by atoms with E-state index in [9.17, 15) is 65.6 Å². The lowest BCUT2D eigenvalue weighted by atomic mass is 9.93. The van der Waals surface area contributed by atoms with Crippen molar-refractivity contribution >= 4 is 47.1 Å². The molecule has 5 aromatic rings. The fourth-order valence-electron chi connectivity index (χ4n) is 10.9. The highest BCUT2D eigenvalue weighted by atomic mass is 19.4. The summed E-state index contributed by atoms with van der Waals surface area (Å²) >= 11 is 0. The van der Waals surface area contributed by atoms with Gasteiger partial charge in [-0.05, 0) is 118 Å². The number of allylic oxidation sites excluding steroid dienone is 2. The van der Waals surface area contributed by atoms with E-state index in [1.165, 1.54) is 74.8 Å². The first-order valence-corrected chi connectivity index (χ1v) is 27.7. The summed E-state index contributed by atoms with van der Waals surface area (Å²) in [6.45, 7) is 8.14. The number of carbonyl (C=O) groups is 6. The number of aromatic nitrogens is 1. The molecule has 19 nitrogen and oxygen atoms in total. The van der Waals surface area contributed by atoms with Crippen LogP contribution in [0.3, 0.4) is 0 Å². The molecular weight excluding hydrogens is 1120 g/mol. The first kappa shape index (κ1) is 61.0. The molecule has 0 saturated carbocycles. The molecule has 1 aromatic heterocycles. The van der Waals surface area contributed by atoms with Crippen LogP contribution in [0.2, 0.25) is 0 Å². The van der Waals surface area contributed by atoms with Gasteiger partial charge in [-0.25, -0.2) is 9.59 Å². The number of pyridine rings is 1. The molecular formula is C61H59F6N13O6. The smallest absolute Gasteiger partial charge is 0.352 e. The predicted molar refractivity (Wildman–Crippen MR) is 302 cm³/mol. The SMILES string of the molecule is CC1=C(C(=O)NCCCN2CCN(C(=O)c3cncc(C(=O)N4CCN(CCCNC(=O)C5=C(C)N(c6cccc(C(F)(F)F)c6)C(=O)N[C@@H]5c5ccc(C#N)cc5)CC4)c3)CC2)[C@@H](c2ccc(C#N)cc2)NC(=O)N1c1cccc(C(F)(F)F)c1. The number of nitrogens with zero attached hydrogens (tertiary/aromatic N) is 9. The molecule has 4 aliphatic rings. The quantitative estimate of drug-likeness (QED) is 0.0548. The van der Waals surface area contributed by atoms with Crippen molar-refractivity contribution in [1.82, 2.24) is 45.9 Å². The number of anilines is 2. The van der Waals surface area contributed by atoms with Crippen LogP contribution in [-0.4, -0.2) is 139 Å². The van der Waals surface area contributed by atoms with Gasteiger partial charge in [0.1, 0.15) is 0 Å². The Kier molecular flexibility index (Phi) is 18.5. The summed E-state index contributed by atoms with van der Waals surface area (Å²) in [5, 5.41) is 30.0. The van der Waals surface area contributed by atoms with E-state index in [-0.39, 0.29) is 69.9 Å². The lowest BCUT2D eigenvalue weighted by Gasteiger charge is -2.36. The van der Waals surface area contributed by atoms with E-state index in [4.69, 9.17) is 0 Å². The van der Waals surface area contributed by atoms with Gasteiger partial charge in [0.25, 0.3) is 23.6 Å². The lowest BCUT2D eigenvalue weighted by molar-refractivity contribution is -0.138. The summed E-state index contributed by atoms with van der Waals surface area (Å²) < 4.78 is 82.2. The summed E-state index contributed by atoms with van der Waals surface area (Å²) in [5.41, 5.74) is 0.572. The van der Waals surface area contributed by atoms with Crippen LogP contribution >= 0.6 is 0 Å². The number of amides is 8. The van der Waals surface area contributed by atoms with Gasteiger partial charge in [0, 0.05) is 89.2 Å². The van der Waals surface area contributed by atoms with Gasteiger partial charge in [0.2, 0.25) is 0 Å². The molecule has 2 fully saturated rings. The number of hydrogen-bond donors (Lipinski definition) is 4. The zero-order chi connectivity index (χ0) is 61.5. The van der Waals surface area contributed by atoms with Crippen molar-refractivity contribution in [3.05, 3.63) is 183 Å². The molecule has 0 aliphatic carbocycles. The van der Waals surface area contributed by atoms with Crippen molar-refractivity contribution in [3.8, 4) is 12.1 Å². The van der Waals surface area contributed by atoms with E-state index in [1.807, 2.05) is 12.1 Å². The third-order valence-electron chi connectivity index (χ3n) is 15.5. The highest BCUT2D eigenvalue weighted by Crippen LogP contribution is 2.39. The highest BCUT2D eigenvalue weighted by molar-refractivity contribution is 6.06. The predicted octanol–water partition coefficient (Wildman–Crippen LogP) is 7.88. The second kappa shape index (κ2) is 26.1. The van der Waals surface area contributed by atoms with Crippen LogP contribution in [0.15, 0.2) is 138 Å². The number of carbonyl (C=O) groups excluding carboxylic acids is 6. The topological polar surface area (TPSA) is 230 Å². The van der Waals surface area contributed by atoms with Crippen LogP contribution in [0.25, 0.3) is 0 Å². The van der Waals surface area contributed by atoms with Crippen LogP contribution < -0.4 is 31.1 Å². The lowest BCUT2D eigenvalue weighted by Crippen LogP contribution is -2.50. The van der Waals surface area contributed by atoms with Gasteiger partial charge in [-0.15, -0.1) is 0 Å². The number of benzene rings is 4. The molecule has 9 rings (SSSR count). The average molecular weight is 1180 g/mol. The monoisotopic (exact) mass is 1180 g/mol. The van der Waals surface area contributed by atoms with E-state index in [2.05, 4.69) is 36.1 Å². The average Bonchev–Trinajstić information content (AvgIpc) is 1.14. The normalized spacial score (nSPS) is 18.0. The molecule has 25 heteroatoms. The minimum Gasteiger partial charge on any atom is -0.352 e. The van der Waals surface area contributed by atoms with Crippen LogP contribution in [0.4, 0.5) is 47.3 Å². The first-order chi connectivity index (χ1) is 41.1. The molecule has 4 aliphatic heterocycles. The minimum absolute atomic E-state index is 0.0821. The summed E-state index contributed by atoms with van der Waals surface area (Å²) in [5.74, 6) is -1.66. The summed E-state index contributed by atoms with van der Waals surface area (Å²) in [6.07, 6.45) is -5.51. The fourth-order valence-corrected chi connectivity index (χ4v) is 10.9. The molecule has 0 bridgehead atoms. The number of rotatable bonds is 16. The van der Waals surface area contributed by atoms with Crippen molar-refractivity contribution in [2.75, 3.05) is 88.3 Å². The summed E-state index contributed by atoms with van der Waals surface area (Å²) in [6, 6.07) is 23.2. The van der Waals surface area contributed by atoms with Gasteiger partial charge < -0.3 is 31.1 Å². The molecule has 2 atom stereocenters. The Balaban J connectivity index is 0.736. The van der Waals surface area contributed by atoms with E-state index >= 15 is 0 Å². The Morgan fingerprint density at radius 2 is 0.930 bits per heavy atom. The Labute approximate surface area is 491 Å². The van der Waals surface area contributed by atoms with E-state index < -0.39 is 59.4 Å². The van der Waals surface area contributed by atoms with Crippen LogP contribution in [-0.2, 0) is 21.9 Å².